The summed E-state index contributed by atoms with van der Waals surface area (Å²) in [5.41, 5.74) is 2.85. The maximum Gasteiger partial charge on any atom is 0.0367 e. The molecule has 1 unspecified atom stereocenters. The molecular formula is C15H21Cl. The molecule has 1 aliphatic rings. The predicted octanol–water partition coefficient (Wildman–Crippen LogP) is 4.76. The van der Waals surface area contributed by atoms with E-state index < -0.39 is 0 Å². The zero-order valence-electron chi connectivity index (χ0n) is 10.2. The van der Waals surface area contributed by atoms with Crippen LogP contribution >= 0.6 is 11.6 Å². The monoisotopic (exact) mass is 236 g/mol. The minimum absolute atomic E-state index is 0.407. The third kappa shape index (κ3) is 3.25. The Hall–Kier alpha value is -0.490. The summed E-state index contributed by atoms with van der Waals surface area (Å²) in [5.74, 6) is 1.44. The van der Waals surface area contributed by atoms with Gasteiger partial charge in [-0.25, -0.2) is 0 Å². The normalized spacial score (nSPS) is 17.8. The summed E-state index contributed by atoms with van der Waals surface area (Å²) in [6.45, 7) is 4.47. The molecule has 1 saturated carbocycles. The summed E-state index contributed by atoms with van der Waals surface area (Å²) < 4.78 is 0. The van der Waals surface area contributed by atoms with Crippen LogP contribution in [0.3, 0.4) is 0 Å². The average Bonchev–Trinajstić information content (AvgIpc) is 3.10. The summed E-state index contributed by atoms with van der Waals surface area (Å²) in [6.07, 6.45) is 4.96. The van der Waals surface area contributed by atoms with Gasteiger partial charge in [-0.05, 0) is 48.6 Å². The topological polar surface area (TPSA) is 0 Å². The summed E-state index contributed by atoms with van der Waals surface area (Å²) >= 11 is 6.31. The quantitative estimate of drug-likeness (QED) is 0.647. The van der Waals surface area contributed by atoms with Gasteiger partial charge in [0.25, 0.3) is 0 Å². The van der Waals surface area contributed by atoms with Crippen molar-refractivity contribution < 1.29 is 0 Å². The van der Waals surface area contributed by atoms with E-state index in [9.17, 15) is 0 Å². The molecule has 1 aliphatic carbocycles. The summed E-state index contributed by atoms with van der Waals surface area (Å²) in [5, 5.41) is 0.407. The summed E-state index contributed by atoms with van der Waals surface area (Å²) in [6, 6.07) is 9.01. The van der Waals surface area contributed by atoms with Gasteiger partial charge in [-0.15, -0.1) is 11.6 Å². The largest absolute Gasteiger partial charge is 0.123 e. The van der Waals surface area contributed by atoms with Gasteiger partial charge in [0.2, 0.25) is 0 Å². The van der Waals surface area contributed by atoms with Crippen LogP contribution in [0.5, 0.6) is 0 Å². The van der Waals surface area contributed by atoms with Crippen LogP contribution in [0.4, 0.5) is 0 Å². The zero-order chi connectivity index (χ0) is 11.5. The van der Waals surface area contributed by atoms with Crippen molar-refractivity contribution in [3.8, 4) is 0 Å². The first kappa shape index (κ1) is 12.0. The van der Waals surface area contributed by atoms with Crippen molar-refractivity contribution in [2.45, 2.75) is 50.8 Å². The molecule has 0 bridgehead atoms. The Kier molecular flexibility index (Phi) is 3.91. The molecule has 0 spiro atoms. The fraction of sp³-hybridized carbons (Fsp3) is 0.600. The summed E-state index contributed by atoms with van der Waals surface area (Å²) in [7, 11) is 0. The van der Waals surface area contributed by atoms with Crippen molar-refractivity contribution in [3.05, 3.63) is 35.4 Å². The lowest BCUT2D eigenvalue weighted by Gasteiger charge is -2.09. The predicted molar refractivity (Wildman–Crippen MR) is 71.2 cm³/mol. The number of hydrogen-bond acceptors (Lipinski definition) is 0. The Labute approximate surface area is 104 Å². The smallest absolute Gasteiger partial charge is 0.0367 e. The lowest BCUT2D eigenvalue weighted by Crippen LogP contribution is -2.03. The number of alkyl halides is 1. The van der Waals surface area contributed by atoms with Crippen LogP contribution in [0, 0.1) is 5.92 Å². The molecule has 0 nitrogen and oxygen atoms in total. The molecule has 88 valence electrons. The molecule has 1 aromatic rings. The van der Waals surface area contributed by atoms with Crippen molar-refractivity contribution in [3.63, 3.8) is 0 Å². The molecule has 0 saturated heterocycles. The van der Waals surface area contributed by atoms with Crippen LogP contribution in [0.25, 0.3) is 0 Å². The van der Waals surface area contributed by atoms with Crippen molar-refractivity contribution >= 4 is 11.6 Å². The molecule has 1 atom stereocenters. The van der Waals surface area contributed by atoms with Crippen LogP contribution in [-0.4, -0.2) is 5.38 Å². The zero-order valence-corrected chi connectivity index (χ0v) is 11.0. The van der Waals surface area contributed by atoms with Gasteiger partial charge >= 0.3 is 0 Å². The van der Waals surface area contributed by atoms with Gasteiger partial charge < -0.3 is 0 Å². The standard InChI is InChI=1S/C15H21Cl/c1-11(2)13-6-3-12(4-7-13)5-10-15(16)14-8-9-14/h3-4,6-7,11,14-15H,5,8-10H2,1-2H3. The molecule has 1 aromatic carbocycles. The van der Waals surface area contributed by atoms with E-state index in [-0.39, 0.29) is 0 Å². The highest BCUT2D eigenvalue weighted by atomic mass is 35.5. The van der Waals surface area contributed by atoms with Gasteiger partial charge in [0.15, 0.2) is 0 Å². The molecule has 1 heteroatoms. The van der Waals surface area contributed by atoms with Crippen LogP contribution in [-0.2, 0) is 6.42 Å². The Morgan fingerprint density at radius 1 is 1.19 bits per heavy atom. The van der Waals surface area contributed by atoms with Crippen LogP contribution in [0.1, 0.15) is 50.2 Å². The van der Waals surface area contributed by atoms with E-state index in [0.717, 1.165) is 18.8 Å². The van der Waals surface area contributed by atoms with Crippen LogP contribution < -0.4 is 0 Å². The van der Waals surface area contributed by atoms with E-state index in [1.165, 1.54) is 24.0 Å². The fourth-order valence-corrected chi connectivity index (χ4v) is 2.43. The highest BCUT2D eigenvalue weighted by Gasteiger charge is 2.29. The molecular weight excluding hydrogens is 216 g/mol. The molecule has 0 aliphatic heterocycles. The van der Waals surface area contributed by atoms with Crippen molar-refractivity contribution in [2.75, 3.05) is 0 Å². The Bertz CT molecular complexity index is 322. The number of hydrogen-bond donors (Lipinski definition) is 0. The minimum Gasteiger partial charge on any atom is -0.123 e. The van der Waals surface area contributed by atoms with E-state index in [0.29, 0.717) is 11.3 Å². The van der Waals surface area contributed by atoms with E-state index in [4.69, 9.17) is 11.6 Å². The maximum absolute atomic E-state index is 6.31. The van der Waals surface area contributed by atoms with Gasteiger partial charge in [0.05, 0.1) is 0 Å². The SMILES string of the molecule is CC(C)c1ccc(CCC(Cl)C2CC2)cc1. The van der Waals surface area contributed by atoms with E-state index in [2.05, 4.69) is 38.1 Å². The third-order valence-electron chi connectivity index (χ3n) is 3.49. The summed E-state index contributed by atoms with van der Waals surface area (Å²) in [4.78, 5) is 0. The maximum atomic E-state index is 6.31. The van der Waals surface area contributed by atoms with Crippen molar-refractivity contribution in [1.82, 2.24) is 0 Å². The second-order valence-electron chi connectivity index (χ2n) is 5.29. The van der Waals surface area contributed by atoms with E-state index in [1.807, 2.05) is 0 Å². The van der Waals surface area contributed by atoms with E-state index >= 15 is 0 Å². The molecule has 0 amide bonds. The fourth-order valence-electron chi connectivity index (χ4n) is 2.07. The second kappa shape index (κ2) is 5.23. The first-order valence-electron chi connectivity index (χ1n) is 6.39. The van der Waals surface area contributed by atoms with Gasteiger partial charge in [-0.1, -0.05) is 38.1 Å². The average molecular weight is 237 g/mol. The van der Waals surface area contributed by atoms with Gasteiger partial charge in [0, 0.05) is 5.38 Å². The molecule has 1 fully saturated rings. The van der Waals surface area contributed by atoms with Crippen LogP contribution in [0.2, 0.25) is 0 Å². The van der Waals surface area contributed by atoms with Crippen molar-refractivity contribution in [1.29, 1.82) is 0 Å². The minimum atomic E-state index is 0.407. The molecule has 0 radical (unpaired) electrons. The first-order valence-corrected chi connectivity index (χ1v) is 6.83. The Balaban J connectivity index is 1.84. The number of halogens is 1. The number of benzene rings is 1. The highest BCUT2D eigenvalue weighted by Crippen LogP contribution is 2.37. The second-order valence-corrected chi connectivity index (χ2v) is 5.85. The Morgan fingerprint density at radius 2 is 1.81 bits per heavy atom. The lowest BCUT2D eigenvalue weighted by molar-refractivity contribution is 0.676. The van der Waals surface area contributed by atoms with Gasteiger partial charge in [0.1, 0.15) is 0 Å². The Morgan fingerprint density at radius 3 is 2.31 bits per heavy atom. The first-order chi connectivity index (χ1) is 7.66. The highest BCUT2D eigenvalue weighted by molar-refractivity contribution is 6.20. The van der Waals surface area contributed by atoms with E-state index in [1.54, 1.807) is 0 Å². The number of aryl methyl sites for hydroxylation is 1. The van der Waals surface area contributed by atoms with Crippen molar-refractivity contribution in [2.24, 2.45) is 5.92 Å². The van der Waals surface area contributed by atoms with Crippen LogP contribution in [0.15, 0.2) is 24.3 Å². The van der Waals surface area contributed by atoms with Gasteiger partial charge in [-0.3, -0.25) is 0 Å². The molecule has 0 N–H and O–H groups in total. The molecule has 16 heavy (non-hydrogen) atoms. The number of rotatable bonds is 5. The lowest BCUT2D eigenvalue weighted by atomic mass is 9.99. The molecule has 0 heterocycles. The van der Waals surface area contributed by atoms with Gasteiger partial charge in [-0.2, -0.15) is 0 Å². The molecule has 2 rings (SSSR count). The molecule has 0 aromatic heterocycles. The third-order valence-corrected chi connectivity index (χ3v) is 4.06.